The van der Waals surface area contributed by atoms with E-state index in [4.69, 9.17) is 11.6 Å². The van der Waals surface area contributed by atoms with Gasteiger partial charge in [-0.25, -0.2) is 13.4 Å². The summed E-state index contributed by atoms with van der Waals surface area (Å²) in [4.78, 5) is 19.2. The number of carbonyl (C=O) groups is 1. The maximum atomic E-state index is 12.3. The number of para-hydroxylation sites is 2. The number of hydrogen-bond donors (Lipinski definition) is 2. The summed E-state index contributed by atoms with van der Waals surface area (Å²) in [5, 5.41) is 2.56. The number of carbonyl (C=O) groups excluding carboxylic acids is 1. The lowest BCUT2D eigenvalue weighted by molar-refractivity contribution is -0.116. The van der Waals surface area contributed by atoms with Crippen molar-refractivity contribution in [2.45, 2.75) is 4.21 Å². The van der Waals surface area contributed by atoms with Gasteiger partial charge in [0.15, 0.2) is 0 Å². The number of amides is 1. The molecule has 3 aromatic rings. The molecule has 0 radical (unpaired) electrons. The summed E-state index contributed by atoms with van der Waals surface area (Å²) in [7, 11) is -2.42. The molecule has 7 nitrogen and oxygen atoms in total. The second-order valence-electron chi connectivity index (χ2n) is 4.97. The highest BCUT2D eigenvalue weighted by Gasteiger charge is 2.25. The second-order valence-corrected chi connectivity index (χ2v) is 8.96. The van der Waals surface area contributed by atoms with E-state index in [0.29, 0.717) is 9.85 Å². The van der Waals surface area contributed by atoms with Crippen molar-refractivity contribution in [3.05, 3.63) is 40.7 Å². The number of nitrogens with zero attached hydrogens (tertiary/aromatic N) is 2. The lowest BCUT2D eigenvalue weighted by Crippen LogP contribution is -2.34. The second kappa shape index (κ2) is 6.52. The predicted molar refractivity (Wildman–Crippen MR) is 93.9 cm³/mol. The molecule has 2 aromatic heterocycles. The molecule has 3 rings (SSSR count). The Morgan fingerprint density at radius 1 is 1.33 bits per heavy atom. The fraction of sp³-hybridized carbons (Fsp3) is 0.143. The third-order valence-electron chi connectivity index (χ3n) is 3.23. The summed E-state index contributed by atoms with van der Waals surface area (Å²) in [6.07, 6.45) is 0. The predicted octanol–water partition coefficient (Wildman–Crippen LogP) is 2.54. The van der Waals surface area contributed by atoms with E-state index >= 15 is 0 Å². The summed E-state index contributed by atoms with van der Waals surface area (Å²) in [6.45, 7) is -0.338. The quantitative estimate of drug-likeness (QED) is 0.706. The fourth-order valence-electron chi connectivity index (χ4n) is 2.06. The Morgan fingerprint density at radius 3 is 2.75 bits per heavy atom. The van der Waals surface area contributed by atoms with E-state index in [-0.39, 0.29) is 16.7 Å². The number of rotatable bonds is 5. The van der Waals surface area contributed by atoms with Crippen molar-refractivity contribution in [1.29, 1.82) is 0 Å². The van der Waals surface area contributed by atoms with Crippen LogP contribution in [0.2, 0.25) is 4.34 Å². The number of thiophene rings is 1. The van der Waals surface area contributed by atoms with Crippen LogP contribution in [0.5, 0.6) is 0 Å². The van der Waals surface area contributed by atoms with Gasteiger partial charge in [0.1, 0.15) is 4.21 Å². The van der Waals surface area contributed by atoms with Crippen LogP contribution < -0.4 is 5.32 Å². The topological polar surface area (TPSA) is 95.2 Å². The molecule has 24 heavy (non-hydrogen) atoms. The number of benzene rings is 1. The van der Waals surface area contributed by atoms with Gasteiger partial charge in [0.2, 0.25) is 11.9 Å². The molecule has 10 heteroatoms. The van der Waals surface area contributed by atoms with Crippen LogP contribution in [-0.4, -0.2) is 42.2 Å². The zero-order valence-electron chi connectivity index (χ0n) is 12.5. The molecular weight excluding hydrogens is 372 g/mol. The minimum absolute atomic E-state index is 0.0894. The van der Waals surface area contributed by atoms with Gasteiger partial charge in [-0.3, -0.25) is 10.1 Å². The molecule has 1 amide bonds. The van der Waals surface area contributed by atoms with Crippen LogP contribution >= 0.6 is 22.9 Å². The first-order valence-electron chi connectivity index (χ1n) is 6.82. The van der Waals surface area contributed by atoms with Gasteiger partial charge < -0.3 is 4.98 Å². The molecule has 0 fully saturated rings. The minimum Gasteiger partial charge on any atom is -0.324 e. The Hall–Kier alpha value is -1.94. The highest BCUT2D eigenvalue weighted by atomic mass is 35.5. The molecule has 126 valence electrons. The molecule has 2 heterocycles. The Kier molecular flexibility index (Phi) is 4.59. The first-order chi connectivity index (χ1) is 11.4. The molecule has 0 bridgehead atoms. The van der Waals surface area contributed by atoms with E-state index < -0.39 is 15.9 Å². The normalized spacial score (nSPS) is 12.0. The van der Waals surface area contributed by atoms with Gasteiger partial charge in [-0.05, 0) is 24.3 Å². The van der Waals surface area contributed by atoms with Crippen LogP contribution in [0.15, 0.2) is 40.6 Å². The van der Waals surface area contributed by atoms with Crippen LogP contribution in [-0.2, 0) is 14.8 Å². The van der Waals surface area contributed by atoms with Crippen LogP contribution in [0.3, 0.4) is 0 Å². The van der Waals surface area contributed by atoms with Crippen LogP contribution in [0, 0.1) is 0 Å². The van der Waals surface area contributed by atoms with Crippen molar-refractivity contribution in [1.82, 2.24) is 14.3 Å². The van der Waals surface area contributed by atoms with E-state index in [1.165, 1.54) is 19.2 Å². The fourth-order valence-corrected chi connectivity index (χ4v) is 4.88. The minimum atomic E-state index is -3.75. The number of hydrogen-bond acceptors (Lipinski definition) is 5. The molecule has 0 aliphatic carbocycles. The van der Waals surface area contributed by atoms with Crippen molar-refractivity contribution >= 4 is 55.8 Å². The average Bonchev–Trinajstić information content (AvgIpc) is 3.12. The number of fused-ring (bicyclic) bond motifs is 1. The maximum absolute atomic E-state index is 12.3. The average molecular weight is 385 g/mol. The van der Waals surface area contributed by atoms with Gasteiger partial charge in [-0.15, -0.1) is 11.3 Å². The van der Waals surface area contributed by atoms with Crippen molar-refractivity contribution in [2.24, 2.45) is 0 Å². The Bertz CT molecular complexity index is 963. The zero-order valence-corrected chi connectivity index (χ0v) is 14.9. The maximum Gasteiger partial charge on any atom is 0.252 e. The van der Waals surface area contributed by atoms with Gasteiger partial charge in [-0.1, -0.05) is 23.7 Å². The summed E-state index contributed by atoms with van der Waals surface area (Å²) < 4.78 is 26.1. The summed E-state index contributed by atoms with van der Waals surface area (Å²) in [5.41, 5.74) is 1.49. The van der Waals surface area contributed by atoms with E-state index in [9.17, 15) is 13.2 Å². The highest BCUT2D eigenvalue weighted by Crippen LogP contribution is 2.27. The smallest absolute Gasteiger partial charge is 0.252 e. The highest BCUT2D eigenvalue weighted by molar-refractivity contribution is 7.91. The monoisotopic (exact) mass is 384 g/mol. The van der Waals surface area contributed by atoms with Crippen molar-refractivity contribution in [3.8, 4) is 0 Å². The molecular formula is C14H13ClN4O3S2. The molecule has 0 saturated heterocycles. The lowest BCUT2D eigenvalue weighted by atomic mass is 10.3. The van der Waals surface area contributed by atoms with E-state index in [1.54, 1.807) is 6.07 Å². The SMILES string of the molecule is CN(CC(=O)Nc1nc2ccccc2[nH]1)S(=O)(=O)c1ccc(Cl)s1. The van der Waals surface area contributed by atoms with Crippen molar-refractivity contribution in [3.63, 3.8) is 0 Å². The molecule has 0 unspecified atom stereocenters. The number of H-pyrrole nitrogens is 1. The first-order valence-corrected chi connectivity index (χ1v) is 9.46. The number of aromatic amines is 1. The van der Waals surface area contributed by atoms with Crippen LogP contribution in [0.4, 0.5) is 5.95 Å². The van der Waals surface area contributed by atoms with Gasteiger partial charge >= 0.3 is 0 Å². The number of halogens is 1. The number of nitrogens with one attached hydrogen (secondary N) is 2. The molecule has 0 saturated carbocycles. The first kappa shape index (κ1) is 16.9. The van der Waals surface area contributed by atoms with Gasteiger partial charge in [0, 0.05) is 7.05 Å². The lowest BCUT2D eigenvalue weighted by Gasteiger charge is -2.15. The Balaban J connectivity index is 1.69. The number of imidazole rings is 1. The molecule has 0 aliphatic rings. The Morgan fingerprint density at radius 2 is 2.08 bits per heavy atom. The van der Waals surface area contributed by atoms with Crippen molar-refractivity contribution in [2.75, 3.05) is 18.9 Å². The zero-order chi connectivity index (χ0) is 17.3. The van der Waals surface area contributed by atoms with Crippen LogP contribution in [0.1, 0.15) is 0 Å². The van der Waals surface area contributed by atoms with Crippen molar-refractivity contribution < 1.29 is 13.2 Å². The van der Waals surface area contributed by atoms with Gasteiger partial charge in [-0.2, -0.15) is 4.31 Å². The summed E-state index contributed by atoms with van der Waals surface area (Å²) >= 11 is 6.71. The number of sulfonamides is 1. The van der Waals surface area contributed by atoms with E-state index in [2.05, 4.69) is 15.3 Å². The molecule has 2 N–H and O–H groups in total. The number of likely N-dealkylation sites (N-methyl/N-ethyl adjacent to an activating group) is 1. The summed E-state index contributed by atoms with van der Waals surface area (Å²) in [5.74, 6) is -0.228. The molecule has 0 spiro atoms. The third-order valence-corrected chi connectivity index (χ3v) is 6.73. The van der Waals surface area contributed by atoms with Gasteiger partial charge in [0.25, 0.3) is 10.0 Å². The van der Waals surface area contributed by atoms with E-state index in [1.807, 2.05) is 18.2 Å². The largest absolute Gasteiger partial charge is 0.324 e. The van der Waals surface area contributed by atoms with E-state index in [0.717, 1.165) is 21.2 Å². The number of anilines is 1. The summed E-state index contributed by atoms with van der Waals surface area (Å²) in [6, 6.07) is 10.2. The standard InChI is InChI=1S/C14H13ClN4O3S2/c1-19(24(21,22)13-7-6-11(15)23-13)8-12(20)18-14-16-9-4-2-3-5-10(9)17-14/h2-7H,8H2,1H3,(H2,16,17,18,20). The molecule has 1 aromatic carbocycles. The van der Waals surface area contributed by atoms with Crippen LogP contribution in [0.25, 0.3) is 11.0 Å². The Labute approximate surface area is 147 Å². The number of aromatic nitrogens is 2. The molecule has 0 atom stereocenters. The molecule has 0 aliphatic heterocycles. The third kappa shape index (κ3) is 3.44. The van der Waals surface area contributed by atoms with Gasteiger partial charge in [0.05, 0.1) is 21.9 Å².